The number of likely N-dealkylation sites (N-methyl/N-ethyl adjacent to an activating group) is 1. The summed E-state index contributed by atoms with van der Waals surface area (Å²) in [6.45, 7) is 9.61. The molecule has 36 heavy (non-hydrogen) atoms. The highest BCUT2D eigenvalue weighted by molar-refractivity contribution is 6.04. The van der Waals surface area contributed by atoms with E-state index in [1.165, 1.54) is 0 Å². The molecule has 2 heterocycles. The van der Waals surface area contributed by atoms with Gasteiger partial charge >= 0.3 is 0 Å². The minimum atomic E-state index is -0.269. The Morgan fingerprint density at radius 1 is 1.25 bits per heavy atom. The summed E-state index contributed by atoms with van der Waals surface area (Å²) in [5.41, 5.74) is 4.37. The van der Waals surface area contributed by atoms with Gasteiger partial charge in [-0.3, -0.25) is 9.59 Å². The number of Topliss-reactive ketones (excluding diaryl/α,β-unsaturated/α-hetero) is 1. The van der Waals surface area contributed by atoms with Crippen molar-refractivity contribution in [2.75, 3.05) is 27.2 Å². The Morgan fingerprint density at radius 3 is 2.75 bits per heavy atom. The van der Waals surface area contributed by atoms with Crippen molar-refractivity contribution in [1.29, 1.82) is 0 Å². The first-order chi connectivity index (χ1) is 17.1. The lowest BCUT2D eigenvalue weighted by Crippen LogP contribution is -2.30. The van der Waals surface area contributed by atoms with E-state index in [-0.39, 0.29) is 23.1 Å². The first-order valence-corrected chi connectivity index (χ1v) is 12.9. The number of ether oxygens (including phenoxy) is 1. The summed E-state index contributed by atoms with van der Waals surface area (Å²) in [6.07, 6.45) is 3.98. The topological polar surface area (TPSA) is 103 Å². The molecule has 3 aromatic rings. The van der Waals surface area contributed by atoms with Gasteiger partial charge in [0.15, 0.2) is 5.78 Å². The molecule has 1 unspecified atom stereocenters. The lowest BCUT2D eigenvalue weighted by atomic mass is 9.75. The summed E-state index contributed by atoms with van der Waals surface area (Å²) >= 11 is 0. The van der Waals surface area contributed by atoms with Gasteiger partial charge in [-0.25, -0.2) is 4.98 Å². The van der Waals surface area contributed by atoms with Crippen molar-refractivity contribution in [1.82, 2.24) is 25.2 Å². The Labute approximate surface area is 213 Å². The fourth-order valence-corrected chi connectivity index (χ4v) is 4.98. The standard InChI is InChI=1S/C28H39N5O3/c1-7-8-9-20(26-30-19-11-10-18(14-21(19)31-26)36-13-12-33(5)6)32-27(35)25-17(2)24-22(29-25)15-28(3,4)16-23(24)34/h10-11,14,20,29H,7-9,12-13,15-16H2,1-6H3,(H,30,31)(H,32,35). The Hall–Kier alpha value is -3.13. The van der Waals surface area contributed by atoms with Gasteiger partial charge in [0, 0.05) is 30.3 Å². The quantitative estimate of drug-likeness (QED) is 0.371. The second kappa shape index (κ2) is 10.5. The molecule has 8 heteroatoms. The number of hydrogen-bond donors (Lipinski definition) is 3. The molecule has 2 aromatic heterocycles. The maximum atomic E-state index is 13.4. The van der Waals surface area contributed by atoms with Gasteiger partial charge in [-0.2, -0.15) is 0 Å². The van der Waals surface area contributed by atoms with Crippen LogP contribution in [-0.4, -0.2) is 58.8 Å². The van der Waals surface area contributed by atoms with Crippen molar-refractivity contribution in [2.24, 2.45) is 5.41 Å². The fourth-order valence-electron chi connectivity index (χ4n) is 4.98. The van der Waals surface area contributed by atoms with E-state index >= 15 is 0 Å². The number of unbranched alkanes of at least 4 members (excludes halogenated alkanes) is 1. The number of nitrogens with one attached hydrogen (secondary N) is 3. The molecule has 0 aliphatic heterocycles. The van der Waals surface area contributed by atoms with Gasteiger partial charge in [-0.1, -0.05) is 33.6 Å². The van der Waals surface area contributed by atoms with Gasteiger partial charge in [0.05, 0.1) is 17.1 Å². The normalized spacial score (nSPS) is 15.8. The summed E-state index contributed by atoms with van der Waals surface area (Å²) in [4.78, 5) is 39.8. The number of fused-ring (bicyclic) bond motifs is 2. The van der Waals surface area contributed by atoms with Gasteiger partial charge in [-0.15, -0.1) is 0 Å². The molecular weight excluding hydrogens is 454 g/mol. The molecule has 0 saturated carbocycles. The molecule has 1 atom stereocenters. The number of H-pyrrole nitrogens is 2. The molecule has 0 saturated heterocycles. The minimum Gasteiger partial charge on any atom is -0.492 e. The van der Waals surface area contributed by atoms with Crippen LogP contribution in [0.5, 0.6) is 5.75 Å². The zero-order valence-electron chi connectivity index (χ0n) is 22.4. The molecule has 0 spiro atoms. The molecule has 1 aromatic carbocycles. The van der Waals surface area contributed by atoms with Crippen LogP contribution in [0.15, 0.2) is 18.2 Å². The first-order valence-electron chi connectivity index (χ1n) is 12.9. The highest BCUT2D eigenvalue weighted by Crippen LogP contribution is 2.37. The Morgan fingerprint density at radius 2 is 2.03 bits per heavy atom. The van der Waals surface area contributed by atoms with Crippen LogP contribution in [0.2, 0.25) is 0 Å². The van der Waals surface area contributed by atoms with Crippen molar-refractivity contribution >= 4 is 22.7 Å². The number of amides is 1. The number of rotatable bonds is 10. The van der Waals surface area contributed by atoms with Gasteiger partial charge in [0.2, 0.25) is 0 Å². The lowest BCUT2D eigenvalue weighted by Gasteiger charge is -2.28. The molecule has 1 aliphatic rings. The zero-order chi connectivity index (χ0) is 26.0. The first kappa shape index (κ1) is 25.9. The van der Waals surface area contributed by atoms with Gasteiger partial charge in [0.1, 0.15) is 23.9 Å². The highest BCUT2D eigenvalue weighted by Gasteiger charge is 2.35. The molecule has 3 N–H and O–H groups in total. The van der Waals surface area contributed by atoms with Crippen LogP contribution in [0.3, 0.4) is 0 Å². The fraction of sp³-hybridized carbons (Fsp3) is 0.536. The maximum absolute atomic E-state index is 13.4. The SMILES string of the molecule is CCCCC(NC(=O)c1[nH]c2c(c1C)C(=O)CC(C)(C)C2)c1nc2ccc(OCCN(C)C)cc2[nH]1. The number of ketones is 1. The van der Waals surface area contributed by atoms with E-state index in [2.05, 4.69) is 41.0 Å². The Kier molecular flexibility index (Phi) is 7.54. The molecule has 1 aliphatic carbocycles. The van der Waals surface area contributed by atoms with E-state index in [0.717, 1.165) is 66.1 Å². The molecule has 4 rings (SSSR count). The third-order valence-corrected chi connectivity index (χ3v) is 6.89. The summed E-state index contributed by atoms with van der Waals surface area (Å²) in [7, 11) is 4.03. The van der Waals surface area contributed by atoms with Crippen molar-refractivity contribution in [3.63, 3.8) is 0 Å². The zero-order valence-corrected chi connectivity index (χ0v) is 22.4. The van der Waals surface area contributed by atoms with Crippen molar-refractivity contribution < 1.29 is 14.3 Å². The highest BCUT2D eigenvalue weighted by atomic mass is 16.5. The van der Waals surface area contributed by atoms with E-state index in [1.54, 1.807) is 0 Å². The largest absolute Gasteiger partial charge is 0.492 e. The second-order valence-corrected chi connectivity index (χ2v) is 11.0. The van der Waals surface area contributed by atoms with Crippen LogP contribution in [0, 0.1) is 12.3 Å². The van der Waals surface area contributed by atoms with Crippen LogP contribution in [0.4, 0.5) is 0 Å². The number of hydrogen-bond acceptors (Lipinski definition) is 5. The van der Waals surface area contributed by atoms with E-state index in [9.17, 15) is 9.59 Å². The van der Waals surface area contributed by atoms with Crippen LogP contribution < -0.4 is 10.1 Å². The average molecular weight is 494 g/mol. The maximum Gasteiger partial charge on any atom is 0.268 e. The summed E-state index contributed by atoms with van der Waals surface area (Å²) < 4.78 is 5.87. The monoisotopic (exact) mass is 493 g/mol. The van der Waals surface area contributed by atoms with Crippen molar-refractivity contribution in [3.8, 4) is 5.75 Å². The van der Waals surface area contributed by atoms with E-state index < -0.39 is 0 Å². The molecule has 0 bridgehead atoms. The van der Waals surface area contributed by atoms with Crippen molar-refractivity contribution in [3.05, 3.63) is 46.5 Å². The summed E-state index contributed by atoms with van der Waals surface area (Å²) in [5, 5.41) is 3.18. The predicted molar refractivity (Wildman–Crippen MR) is 142 cm³/mol. The van der Waals surface area contributed by atoms with Gasteiger partial charge in [-0.05, 0) is 57.0 Å². The number of aromatic nitrogens is 3. The third-order valence-electron chi connectivity index (χ3n) is 6.89. The van der Waals surface area contributed by atoms with Crippen LogP contribution >= 0.6 is 0 Å². The number of imidazole rings is 1. The molecular formula is C28H39N5O3. The van der Waals surface area contributed by atoms with Gasteiger partial charge in [0.25, 0.3) is 5.91 Å². The number of carbonyl (C=O) groups is 2. The predicted octanol–water partition coefficient (Wildman–Crippen LogP) is 4.96. The van der Waals surface area contributed by atoms with Crippen LogP contribution in [0.25, 0.3) is 11.0 Å². The summed E-state index contributed by atoms with van der Waals surface area (Å²) in [5.74, 6) is 1.41. The molecule has 194 valence electrons. The lowest BCUT2D eigenvalue weighted by molar-refractivity contribution is 0.0908. The van der Waals surface area contributed by atoms with E-state index in [4.69, 9.17) is 9.72 Å². The third kappa shape index (κ3) is 5.64. The summed E-state index contributed by atoms with van der Waals surface area (Å²) in [6, 6.07) is 5.55. The van der Waals surface area contributed by atoms with E-state index in [0.29, 0.717) is 24.3 Å². The minimum absolute atomic E-state index is 0.109. The molecule has 1 amide bonds. The Bertz CT molecular complexity index is 1250. The number of benzene rings is 1. The molecule has 8 nitrogen and oxygen atoms in total. The number of aromatic amines is 2. The molecule has 0 fully saturated rings. The van der Waals surface area contributed by atoms with Crippen LogP contribution in [0.1, 0.15) is 90.4 Å². The Balaban J connectivity index is 1.56. The van der Waals surface area contributed by atoms with Crippen LogP contribution in [-0.2, 0) is 6.42 Å². The number of carbonyl (C=O) groups excluding carboxylic acids is 2. The van der Waals surface area contributed by atoms with E-state index in [1.807, 2.05) is 39.2 Å². The van der Waals surface area contributed by atoms with Gasteiger partial charge < -0.3 is 24.9 Å². The van der Waals surface area contributed by atoms with Crippen molar-refractivity contribution in [2.45, 2.75) is 65.8 Å². The molecule has 0 radical (unpaired) electrons. The second-order valence-electron chi connectivity index (χ2n) is 11.0. The average Bonchev–Trinajstić information content (AvgIpc) is 3.36. The number of nitrogens with zero attached hydrogens (tertiary/aromatic N) is 2. The smallest absolute Gasteiger partial charge is 0.268 e.